The SMILES string of the molecule is CCCCCCSC(CC)C(=O)Nc1c(OC)cc(OC)cc1OC. The molecule has 0 saturated heterocycles. The summed E-state index contributed by atoms with van der Waals surface area (Å²) in [6, 6.07) is 3.47. The van der Waals surface area contributed by atoms with Gasteiger partial charge < -0.3 is 19.5 Å². The van der Waals surface area contributed by atoms with Crippen molar-refractivity contribution in [2.45, 2.75) is 51.2 Å². The highest BCUT2D eigenvalue weighted by molar-refractivity contribution is 8.00. The molecule has 6 heteroatoms. The highest BCUT2D eigenvalue weighted by Crippen LogP contribution is 2.39. The Bertz CT molecular complexity index is 511. The molecule has 0 aromatic heterocycles. The molecule has 0 saturated carbocycles. The quantitative estimate of drug-likeness (QED) is 0.539. The molecule has 142 valence electrons. The van der Waals surface area contributed by atoms with E-state index in [1.165, 1.54) is 19.3 Å². The second kappa shape index (κ2) is 11.9. The first-order valence-corrected chi connectivity index (χ1v) is 9.88. The van der Waals surface area contributed by atoms with Gasteiger partial charge in [-0.05, 0) is 18.6 Å². The van der Waals surface area contributed by atoms with Gasteiger partial charge in [-0.25, -0.2) is 0 Å². The van der Waals surface area contributed by atoms with Gasteiger partial charge in [-0.1, -0.05) is 33.1 Å². The number of benzene rings is 1. The highest BCUT2D eigenvalue weighted by atomic mass is 32.2. The Kier molecular flexibility index (Phi) is 10.2. The molecular weight excluding hydrogens is 338 g/mol. The van der Waals surface area contributed by atoms with Crippen LogP contribution in [0.3, 0.4) is 0 Å². The zero-order chi connectivity index (χ0) is 18.7. The van der Waals surface area contributed by atoms with E-state index in [1.54, 1.807) is 45.2 Å². The average molecular weight is 370 g/mol. The number of amides is 1. The third-order valence-corrected chi connectivity index (χ3v) is 5.42. The summed E-state index contributed by atoms with van der Waals surface area (Å²) in [6.45, 7) is 4.23. The number of carbonyl (C=O) groups excluding carboxylic acids is 1. The molecule has 5 nitrogen and oxygen atoms in total. The molecule has 25 heavy (non-hydrogen) atoms. The summed E-state index contributed by atoms with van der Waals surface area (Å²) < 4.78 is 16.0. The van der Waals surface area contributed by atoms with E-state index in [4.69, 9.17) is 14.2 Å². The molecule has 1 aromatic rings. The van der Waals surface area contributed by atoms with Crippen LogP contribution in [0, 0.1) is 0 Å². The minimum Gasteiger partial charge on any atom is -0.496 e. The largest absolute Gasteiger partial charge is 0.496 e. The number of methoxy groups -OCH3 is 3. The van der Waals surface area contributed by atoms with Crippen molar-refractivity contribution in [1.82, 2.24) is 0 Å². The first-order chi connectivity index (χ1) is 12.1. The topological polar surface area (TPSA) is 56.8 Å². The smallest absolute Gasteiger partial charge is 0.237 e. The van der Waals surface area contributed by atoms with Crippen LogP contribution in [-0.2, 0) is 4.79 Å². The number of thioether (sulfide) groups is 1. The number of anilines is 1. The Morgan fingerprint density at radius 1 is 1.04 bits per heavy atom. The highest BCUT2D eigenvalue weighted by Gasteiger charge is 2.21. The molecule has 0 bridgehead atoms. The number of unbranched alkanes of at least 4 members (excludes halogenated alkanes) is 3. The van der Waals surface area contributed by atoms with Crippen LogP contribution < -0.4 is 19.5 Å². The van der Waals surface area contributed by atoms with Crippen LogP contribution in [0.2, 0.25) is 0 Å². The standard InChI is InChI=1S/C19H31NO4S/c1-6-8-9-10-11-25-17(7-2)19(21)20-18-15(23-4)12-14(22-3)13-16(18)24-5/h12-13,17H,6-11H2,1-5H3,(H,20,21). The average Bonchev–Trinajstić information content (AvgIpc) is 2.64. The maximum atomic E-state index is 12.7. The van der Waals surface area contributed by atoms with Gasteiger partial charge in [-0.2, -0.15) is 0 Å². The molecule has 0 aliphatic rings. The molecule has 1 aromatic carbocycles. The lowest BCUT2D eigenvalue weighted by molar-refractivity contribution is -0.115. The number of carbonyl (C=O) groups is 1. The van der Waals surface area contributed by atoms with Gasteiger partial charge in [0.15, 0.2) is 0 Å². The van der Waals surface area contributed by atoms with Gasteiger partial charge in [0.2, 0.25) is 5.91 Å². The molecule has 0 radical (unpaired) electrons. The van der Waals surface area contributed by atoms with Crippen LogP contribution >= 0.6 is 11.8 Å². The van der Waals surface area contributed by atoms with Crippen molar-refractivity contribution in [3.63, 3.8) is 0 Å². The van der Waals surface area contributed by atoms with Gasteiger partial charge >= 0.3 is 0 Å². The van der Waals surface area contributed by atoms with E-state index in [-0.39, 0.29) is 11.2 Å². The molecule has 1 N–H and O–H groups in total. The minimum absolute atomic E-state index is 0.0234. The molecule has 0 spiro atoms. The number of rotatable bonds is 12. The second-order valence-electron chi connectivity index (χ2n) is 5.72. The Labute approximate surface area is 155 Å². The van der Waals surface area contributed by atoms with Crippen molar-refractivity contribution < 1.29 is 19.0 Å². The van der Waals surface area contributed by atoms with Crippen molar-refractivity contribution in [2.24, 2.45) is 0 Å². The lowest BCUT2D eigenvalue weighted by Crippen LogP contribution is -2.25. The predicted octanol–water partition coefficient (Wildman–Crippen LogP) is 4.74. The van der Waals surface area contributed by atoms with Gasteiger partial charge in [0, 0.05) is 12.1 Å². The molecule has 1 unspecified atom stereocenters. The summed E-state index contributed by atoms with van der Waals surface area (Å²) in [7, 11) is 4.70. The maximum Gasteiger partial charge on any atom is 0.237 e. The molecule has 0 heterocycles. The summed E-state index contributed by atoms with van der Waals surface area (Å²) in [4.78, 5) is 12.7. The molecule has 0 fully saturated rings. The summed E-state index contributed by atoms with van der Waals surface area (Å²) in [5, 5.41) is 2.89. The summed E-state index contributed by atoms with van der Waals surface area (Å²) in [6.07, 6.45) is 5.63. The zero-order valence-corrected chi connectivity index (χ0v) is 16.8. The summed E-state index contributed by atoms with van der Waals surface area (Å²) in [5.41, 5.74) is 0.542. The van der Waals surface area contributed by atoms with Gasteiger partial charge in [0.25, 0.3) is 0 Å². The van der Waals surface area contributed by atoms with Gasteiger partial charge in [-0.15, -0.1) is 11.8 Å². The zero-order valence-electron chi connectivity index (χ0n) is 16.0. The second-order valence-corrected chi connectivity index (χ2v) is 7.04. The number of ether oxygens (including phenoxy) is 3. The number of nitrogens with one attached hydrogen (secondary N) is 1. The van der Waals surface area contributed by atoms with Crippen molar-refractivity contribution in [3.05, 3.63) is 12.1 Å². The Balaban J connectivity index is 2.79. The van der Waals surface area contributed by atoms with Crippen LogP contribution in [0.5, 0.6) is 17.2 Å². The maximum absolute atomic E-state index is 12.7. The Morgan fingerprint density at radius 2 is 1.68 bits per heavy atom. The monoisotopic (exact) mass is 369 g/mol. The Hall–Kier alpha value is -1.56. The molecule has 0 aliphatic heterocycles. The first-order valence-electron chi connectivity index (χ1n) is 8.83. The normalized spacial score (nSPS) is 11.7. The number of hydrogen-bond donors (Lipinski definition) is 1. The van der Waals surface area contributed by atoms with Crippen molar-refractivity contribution in [2.75, 3.05) is 32.4 Å². The lowest BCUT2D eigenvalue weighted by Gasteiger charge is -2.19. The van der Waals surface area contributed by atoms with Gasteiger partial charge in [-0.3, -0.25) is 4.79 Å². The van der Waals surface area contributed by atoms with E-state index < -0.39 is 0 Å². The molecule has 0 aliphatic carbocycles. The van der Waals surface area contributed by atoms with Gasteiger partial charge in [0.05, 0.1) is 26.6 Å². The Morgan fingerprint density at radius 3 is 2.16 bits per heavy atom. The predicted molar refractivity (Wildman–Crippen MR) is 105 cm³/mol. The van der Waals surface area contributed by atoms with Crippen molar-refractivity contribution >= 4 is 23.4 Å². The van der Waals surface area contributed by atoms with Crippen LogP contribution in [0.15, 0.2) is 12.1 Å². The fraction of sp³-hybridized carbons (Fsp3) is 0.632. The van der Waals surface area contributed by atoms with Crippen molar-refractivity contribution in [3.8, 4) is 17.2 Å². The van der Waals surface area contributed by atoms with Crippen molar-refractivity contribution in [1.29, 1.82) is 0 Å². The van der Waals surface area contributed by atoms with E-state index >= 15 is 0 Å². The van der Waals surface area contributed by atoms with E-state index in [2.05, 4.69) is 12.2 Å². The molecule has 1 amide bonds. The third-order valence-electron chi connectivity index (χ3n) is 3.94. The van der Waals surface area contributed by atoms with Gasteiger partial charge in [0.1, 0.15) is 22.9 Å². The van der Waals surface area contributed by atoms with E-state index in [0.29, 0.717) is 22.9 Å². The summed E-state index contributed by atoms with van der Waals surface area (Å²) in [5.74, 6) is 2.64. The minimum atomic E-state index is -0.0851. The van der Waals surface area contributed by atoms with E-state index in [9.17, 15) is 4.79 Å². The first kappa shape index (κ1) is 21.5. The third kappa shape index (κ3) is 6.69. The molecular formula is C19H31NO4S. The van der Waals surface area contributed by atoms with Crippen LogP contribution in [0.1, 0.15) is 46.0 Å². The molecule has 1 atom stereocenters. The van der Waals surface area contributed by atoms with Crippen LogP contribution in [0.25, 0.3) is 0 Å². The van der Waals surface area contributed by atoms with E-state index in [0.717, 1.165) is 18.6 Å². The number of hydrogen-bond acceptors (Lipinski definition) is 5. The fourth-order valence-electron chi connectivity index (χ4n) is 2.47. The van der Waals surface area contributed by atoms with Crippen LogP contribution in [0.4, 0.5) is 5.69 Å². The fourth-order valence-corrected chi connectivity index (χ4v) is 3.57. The van der Waals surface area contributed by atoms with E-state index in [1.807, 2.05) is 6.92 Å². The van der Waals surface area contributed by atoms with Crippen LogP contribution in [-0.4, -0.2) is 38.2 Å². The lowest BCUT2D eigenvalue weighted by atomic mass is 10.2. The summed E-state index contributed by atoms with van der Waals surface area (Å²) >= 11 is 1.72. The molecule has 1 rings (SSSR count).